The highest BCUT2D eigenvalue weighted by Gasteiger charge is 2.22. The van der Waals surface area contributed by atoms with Gasteiger partial charge in [0.2, 0.25) is 5.56 Å². The average Bonchev–Trinajstić information content (AvgIpc) is 2.80. The zero-order valence-electron chi connectivity index (χ0n) is 17.1. The van der Waals surface area contributed by atoms with Gasteiger partial charge in [-0.2, -0.15) is 0 Å². The number of aromatic amines is 1. The molecule has 1 aliphatic heterocycles. The highest BCUT2D eigenvalue weighted by molar-refractivity contribution is 5.82. The van der Waals surface area contributed by atoms with E-state index in [1.54, 1.807) is 6.07 Å². The van der Waals surface area contributed by atoms with E-state index in [9.17, 15) is 4.79 Å². The van der Waals surface area contributed by atoms with Gasteiger partial charge >= 0.3 is 0 Å². The van der Waals surface area contributed by atoms with Crippen LogP contribution in [0, 0.1) is 0 Å². The van der Waals surface area contributed by atoms with E-state index in [1.165, 1.54) is 22.3 Å². The van der Waals surface area contributed by atoms with Crippen LogP contribution in [0.4, 0.5) is 0 Å². The molecule has 4 aromatic rings. The predicted molar refractivity (Wildman–Crippen MR) is 124 cm³/mol. The number of likely N-dealkylation sites (tertiary alicyclic amines) is 1. The number of pyridine rings is 1. The summed E-state index contributed by atoms with van der Waals surface area (Å²) >= 11 is 0. The van der Waals surface area contributed by atoms with E-state index in [2.05, 4.69) is 82.7 Å². The minimum absolute atomic E-state index is 0.0219. The average molecular weight is 395 g/mol. The molecule has 0 radical (unpaired) electrons. The van der Waals surface area contributed by atoms with Crippen LogP contribution in [0.25, 0.3) is 22.0 Å². The Morgan fingerprint density at radius 2 is 1.50 bits per heavy atom. The first-order valence-electron chi connectivity index (χ1n) is 10.7. The van der Waals surface area contributed by atoms with Crippen LogP contribution >= 0.6 is 0 Å². The normalized spacial score (nSPS) is 15.5. The molecule has 1 N–H and O–H groups in total. The Morgan fingerprint density at radius 1 is 0.767 bits per heavy atom. The molecule has 0 atom stereocenters. The van der Waals surface area contributed by atoms with Gasteiger partial charge in [-0.1, -0.05) is 72.8 Å². The fraction of sp³-hybridized carbons (Fsp3) is 0.222. The fourth-order valence-corrected chi connectivity index (χ4v) is 4.64. The molecule has 5 rings (SSSR count). The van der Waals surface area contributed by atoms with Crippen LogP contribution in [0.2, 0.25) is 0 Å². The van der Waals surface area contributed by atoms with Gasteiger partial charge in [0, 0.05) is 12.6 Å². The summed E-state index contributed by atoms with van der Waals surface area (Å²) in [6, 6.07) is 29.4. The molecule has 3 nitrogen and oxygen atoms in total. The minimum atomic E-state index is -0.0219. The third kappa shape index (κ3) is 3.94. The first-order valence-corrected chi connectivity index (χ1v) is 10.7. The maximum absolute atomic E-state index is 11.8. The topological polar surface area (TPSA) is 36.1 Å². The maximum atomic E-state index is 11.8. The molecular weight excluding hydrogens is 368 g/mol. The lowest BCUT2D eigenvalue weighted by atomic mass is 9.88. The largest absolute Gasteiger partial charge is 0.322 e. The summed E-state index contributed by atoms with van der Waals surface area (Å²) in [7, 11) is 0. The molecule has 0 saturated carbocycles. The van der Waals surface area contributed by atoms with Gasteiger partial charge in [0.15, 0.2) is 0 Å². The number of benzene rings is 3. The number of fused-ring (bicyclic) bond motifs is 1. The molecule has 1 fully saturated rings. The SMILES string of the molecule is O=c1ccc2cccc(C3CCN(Cc4ccc(-c5ccccc5)cc4)CC3)c2[nH]1. The highest BCUT2D eigenvalue weighted by Crippen LogP contribution is 2.32. The first kappa shape index (κ1) is 18.8. The number of H-pyrrole nitrogens is 1. The van der Waals surface area contributed by atoms with Crippen LogP contribution in [-0.2, 0) is 6.54 Å². The van der Waals surface area contributed by atoms with Gasteiger partial charge in [-0.3, -0.25) is 9.69 Å². The second kappa shape index (κ2) is 8.29. The quantitative estimate of drug-likeness (QED) is 0.491. The second-order valence-electron chi connectivity index (χ2n) is 8.25. The van der Waals surface area contributed by atoms with Crippen LogP contribution < -0.4 is 5.56 Å². The molecule has 0 aliphatic carbocycles. The van der Waals surface area contributed by atoms with Crippen LogP contribution in [0.5, 0.6) is 0 Å². The Kier molecular flexibility index (Phi) is 5.20. The summed E-state index contributed by atoms with van der Waals surface area (Å²) in [6.45, 7) is 3.16. The fourth-order valence-electron chi connectivity index (χ4n) is 4.64. The van der Waals surface area contributed by atoms with Gasteiger partial charge in [0.05, 0.1) is 5.52 Å². The van der Waals surface area contributed by atoms with Crippen LogP contribution in [-0.4, -0.2) is 23.0 Å². The van der Waals surface area contributed by atoms with E-state index in [-0.39, 0.29) is 5.56 Å². The summed E-state index contributed by atoms with van der Waals surface area (Å²) in [5, 5.41) is 1.12. The van der Waals surface area contributed by atoms with Crippen molar-refractivity contribution in [2.45, 2.75) is 25.3 Å². The van der Waals surface area contributed by atoms with Crippen LogP contribution in [0.1, 0.15) is 29.9 Å². The Bertz CT molecular complexity index is 1190. The summed E-state index contributed by atoms with van der Waals surface area (Å²) < 4.78 is 0. The van der Waals surface area contributed by atoms with Gasteiger partial charge in [-0.25, -0.2) is 0 Å². The van der Waals surface area contributed by atoms with E-state index in [4.69, 9.17) is 0 Å². The molecule has 0 unspecified atom stereocenters. The summed E-state index contributed by atoms with van der Waals surface area (Å²) in [6.07, 6.45) is 2.25. The Hall–Kier alpha value is -3.17. The molecular formula is C27H26N2O. The van der Waals surface area contributed by atoms with Gasteiger partial charge in [-0.15, -0.1) is 0 Å². The summed E-state index contributed by atoms with van der Waals surface area (Å²) in [4.78, 5) is 17.4. The number of nitrogens with zero attached hydrogens (tertiary/aromatic N) is 1. The van der Waals surface area contributed by atoms with E-state index in [0.717, 1.165) is 43.4 Å². The number of aromatic nitrogens is 1. The summed E-state index contributed by atoms with van der Waals surface area (Å²) in [5.74, 6) is 0.503. The Morgan fingerprint density at radius 3 is 2.27 bits per heavy atom. The van der Waals surface area contributed by atoms with Gasteiger partial charge < -0.3 is 4.98 Å². The standard InChI is InChI=1S/C27H26N2O/c30-26-14-13-24-7-4-8-25(27(24)28-26)23-15-17-29(18-16-23)19-20-9-11-22(12-10-20)21-5-2-1-3-6-21/h1-14,23H,15-19H2,(H,28,30). The van der Waals surface area contributed by atoms with Crippen molar-refractivity contribution in [3.05, 3.63) is 106 Å². The summed E-state index contributed by atoms with van der Waals surface area (Å²) in [5.41, 5.74) is 6.17. The molecule has 2 heterocycles. The van der Waals surface area contributed by atoms with Crippen LogP contribution in [0.3, 0.4) is 0 Å². The molecule has 3 heteroatoms. The third-order valence-corrected chi connectivity index (χ3v) is 6.29. The number of rotatable bonds is 4. The van der Waals surface area contributed by atoms with Gasteiger partial charge in [0.25, 0.3) is 0 Å². The minimum Gasteiger partial charge on any atom is -0.322 e. The van der Waals surface area contributed by atoms with Crippen molar-refractivity contribution in [3.8, 4) is 11.1 Å². The number of nitrogens with one attached hydrogen (secondary N) is 1. The number of para-hydroxylation sites is 1. The molecule has 3 aromatic carbocycles. The molecule has 0 spiro atoms. The number of hydrogen-bond donors (Lipinski definition) is 1. The van der Waals surface area contributed by atoms with E-state index >= 15 is 0 Å². The highest BCUT2D eigenvalue weighted by atomic mass is 16.1. The third-order valence-electron chi connectivity index (χ3n) is 6.29. The Labute approximate surface area is 177 Å². The van der Waals surface area contributed by atoms with Gasteiger partial charge in [0.1, 0.15) is 0 Å². The maximum Gasteiger partial charge on any atom is 0.248 e. The lowest BCUT2D eigenvalue weighted by Crippen LogP contribution is -2.32. The smallest absolute Gasteiger partial charge is 0.248 e. The monoisotopic (exact) mass is 394 g/mol. The van der Waals surface area contributed by atoms with Crippen molar-refractivity contribution in [1.82, 2.24) is 9.88 Å². The predicted octanol–water partition coefficient (Wildman–Crippen LogP) is 5.57. The van der Waals surface area contributed by atoms with E-state index in [0.29, 0.717) is 5.92 Å². The molecule has 0 amide bonds. The van der Waals surface area contributed by atoms with Gasteiger partial charge in [-0.05, 0) is 65.6 Å². The molecule has 150 valence electrons. The van der Waals surface area contributed by atoms with Crippen molar-refractivity contribution < 1.29 is 0 Å². The number of piperidine rings is 1. The zero-order chi connectivity index (χ0) is 20.3. The van der Waals surface area contributed by atoms with Crippen molar-refractivity contribution in [3.63, 3.8) is 0 Å². The van der Waals surface area contributed by atoms with Crippen molar-refractivity contribution in [1.29, 1.82) is 0 Å². The molecule has 0 bridgehead atoms. The van der Waals surface area contributed by atoms with Crippen molar-refractivity contribution in [2.24, 2.45) is 0 Å². The lowest BCUT2D eigenvalue weighted by molar-refractivity contribution is 0.205. The molecule has 1 saturated heterocycles. The second-order valence-corrected chi connectivity index (χ2v) is 8.25. The zero-order valence-corrected chi connectivity index (χ0v) is 17.1. The Balaban J connectivity index is 1.25. The molecule has 1 aliphatic rings. The van der Waals surface area contributed by atoms with E-state index < -0.39 is 0 Å². The van der Waals surface area contributed by atoms with E-state index in [1.807, 2.05) is 6.07 Å². The van der Waals surface area contributed by atoms with Crippen LogP contribution in [0.15, 0.2) is 89.7 Å². The molecule has 1 aromatic heterocycles. The lowest BCUT2D eigenvalue weighted by Gasteiger charge is -2.32. The van der Waals surface area contributed by atoms with Crippen molar-refractivity contribution in [2.75, 3.05) is 13.1 Å². The molecule has 30 heavy (non-hydrogen) atoms. The van der Waals surface area contributed by atoms with Crippen molar-refractivity contribution >= 4 is 10.9 Å². The first-order chi connectivity index (χ1) is 14.8. The number of hydrogen-bond acceptors (Lipinski definition) is 2.